The number of carbonyl (C=O) groups is 2. The van der Waals surface area contributed by atoms with Gasteiger partial charge < -0.3 is 16.4 Å². The maximum absolute atomic E-state index is 15.9. The molecule has 4 aliphatic rings. The molecular formula is C30H35Cl2FN4O2. The number of nitrogens with one attached hydrogen (secondary N) is 3. The summed E-state index contributed by atoms with van der Waals surface area (Å²) < 4.78 is 15.9. The lowest BCUT2D eigenvalue weighted by Gasteiger charge is -2.47. The number of rotatable bonds is 4. The van der Waals surface area contributed by atoms with Gasteiger partial charge in [0.1, 0.15) is 11.2 Å². The van der Waals surface area contributed by atoms with Gasteiger partial charge in [0.2, 0.25) is 11.8 Å². The lowest BCUT2D eigenvalue weighted by Crippen LogP contribution is -2.60. The van der Waals surface area contributed by atoms with E-state index in [0.717, 1.165) is 50.5 Å². The Bertz CT molecular complexity index is 1290. The van der Waals surface area contributed by atoms with Crippen LogP contribution in [0.3, 0.4) is 0 Å². The minimum Gasteiger partial charge on any atom is -0.352 e. The van der Waals surface area contributed by atoms with Gasteiger partial charge in [-0.25, -0.2) is 4.39 Å². The molecule has 2 unspecified atom stereocenters. The first kappa shape index (κ1) is 27.0. The van der Waals surface area contributed by atoms with Gasteiger partial charge in [-0.1, -0.05) is 60.7 Å². The smallest absolute Gasteiger partial charge is 0.238 e. The second kappa shape index (κ2) is 10.3. The van der Waals surface area contributed by atoms with Crippen LogP contribution in [0, 0.1) is 11.7 Å². The Morgan fingerprint density at radius 3 is 2.54 bits per heavy atom. The standard InChI is InChI=1S/C30H35Cl2FN4O2/c31-18-9-12-21-23(15-18)36-28(39)30(21)24(20-5-4-6-22(32)25(20)33)26(37-29(30)13-2-1-3-14-29)27(38)35-19-10-7-17(16-34)8-11-19/h4-6,9,12,15,17,19,24,26,37H,1-3,7-8,10-11,13-14,16,34H2,(H,35,38)(H,36,39)/t17?,19?,24?,26?,30-/m1/s1. The van der Waals surface area contributed by atoms with Crippen molar-refractivity contribution in [2.24, 2.45) is 11.7 Å². The predicted molar refractivity (Wildman–Crippen MR) is 152 cm³/mol. The molecule has 0 aromatic heterocycles. The van der Waals surface area contributed by atoms with Gasteiger partial charge in [-0.2, -0.15) is 0 Å². The van der Waals surface area contributed by atoms with Gasteiger partial charge in [0, 0.05) is 28.2 Å². The molecule has 3 atom stereocenters. The molecular weight excluding hydrogens is 538 g/mol. The van der Waals surface area contributed by atoms with Gasteiger partial charge in [0.25, 0.3) is 0 Å². The summed E-state index contributed by atoms with van der Waals surface area (Å²) in [5.41, 5.74) is 5.59. The highest BCUT2D eigenvalue weighted by Crippen LogP contribution is 2.62. The molecule has 39 heavy (non-hydrogen) atoms. The van der Waals surface area contributed by atoms with Gasteiger partial charge in [-0.15, -0.1) is 0 Å². The van der Waals surface area contributed by atoms with Crippen molar-refractivity contribution in [1.29, 1.82) is 0 Å². The fourth-order valence-electron chi connectivity index (χ4n) is 8.05. The van der Waals surface area contributed by atoms with Gasteiger partial charge in [-0.05, 0) is 80.3 Å². The summed E-state index contributed by atoms with van der Waals surface area (Å²) in [6, 6.07) is 9.45. The van der Waals surface area contributed by atoms with Crippen LogP contribution in [-0.2, 0) is 15.0 Å². The first-order valence-electron chi connectivity index (χ1n) is 14.1. The molecule has 6 rings (SSSR count). The number of anilines is 1. The third kappa shape index (κ3) is 4.19. The topological polar surface area (TPSA) is 96.2 Å². The van der Waals surface area contributed by atoms with Crippen molar-refractivity contribution >= 4 is 40.7 Å². The Labute approximate surface area is 238 Å². The largest absolute Gasteiger partial charge is 0.352 e. The average molecular weight is 574 g/mol. The summed E-state index contributed by atoms with van der Waals surface area (Å²) in [5.74, 6) is -1.34. The first-order chi connectivity index (χ1) is 18.8. The molecule has 5 N–H and O–H groups in total. The van der Waals surface area contributed by atoms with Gasteiger partial charge in [0.05, 0.1) is 11.1 Å². The van der Waals surface area contributed by atoms with E-state index in [0.29, 0.717) is 36.0 Å². The molecule has 9 heteroatoms. The lowest BCUT2D eigenvalue weighted by molar-refractivity contribution is -0.124. The van der Waals surface area contributed by atoms with Crippen LogP contribution in [0.25, 0.3) is 0 Å². The number of fused-ring (bicyclic) bond motifs is 3. The van der Waals surface area contributed by atoms with Crippen LogP contribution in [0.5, 0.6) is 0 Å². The van der Waals surface area contributed by atoms with Crippen molar-refractivity contribution < 1.29 is 14.0 Å². The Hall–Kier alpha value is -2.19. The lowest BCUT2D eigenvalue weighted by atomic mass is 9.55. The van der Waals surface area contributed by atoms with Gasteiger partial charge in [-0.3, -0.25) is 14.9 Å². The highest BCUT2D eigenvalue weighted by atomic mass is 35.5. The molecule has 2 aliphatic heterocycles. The van der Waals surface area contributed by atoms with Crippen molar-refractivity contribution in [2.45, 2.75) is 86.7 Å². The van der Waals surface area contributed by atoms with Crippen LogP contribution in [0.15, 0.2) is 36.4 Å². The Balaban J connectivity index is 1.50. The van der Waals surface area contributed by atoms with Crippen LogP contribution in [-0.4, -0.2) is 36.0 Å². The maximum Gasteiger partial charge on any atom is 0.238 e. The summed E-state index contributed by atoms with van der Waals surface area (Å²) in [4.78, 5) is 28.5. The molecule has 2 aromatic carbocycles. The van der Waals surface area contributed by atoms with Crippen molar-refractivity contribution in [1.82, 2.24) is 10.6 Å². The first-order valence-corrected chi connectivity index (χ1v) is 14.9. The Morgan fingerprint density at radius 1 is 1.08 bits per heavy atom. The predicted octanol–water partition coefficient (Wildman–Crippen LogP) is 5.41. The molecule has 2 aromatic rings. The summed E-state index contributed by atoms with van der Waals surface area (Å²) in [5, 5.41) is 10.5. The summed E-state index contributed by atoms with van der Waals surface area (Å²) in [7, 11) is 0. The van der Waals surface area contributed by atoms with E-state index in [9.17, 15) is 9.59 Å². The van der Waals surface area contributed by atoms with Crippen LogP contribution < -0.4 is 21.7 Å². The quantitative estimate of drug-likeness (QED) is 0.393. The van der Waals surface area contributed by atoms with Crippen molar-refractivity contribution in [3.63, 3.8) is 0 Å². The van der Waals surface area contributed by atoms with E-state index < -0.39 is 28.7 Å². The molecule has 2 aliphatic carbocycles. The van der Waals surface area contributed by atoms with E-state index in [4.69, 9.17) is 28.9 Å². The summed E-state index contributed by atoms with van der Waals surface area (Å²) in [6.07, 6.45) is 7.92. The van der Waals surface area contributed by atoms with Crippen LogP contribution in [0.4, 0.5) is 10.1 Å². The van der Waals surface area contributed by atoms with Crippen LogP contribution in [0.1, 0.15) is 74.8 Å². The van der Waals surface area contributed by atoms with E-state index in [2.05, 4.69) is 16.0 Å². The molecule has 1 saturated heterocycles. The van der Waals surface area contributed by atoms with E-state index in [1.54, 1.807) is 24.3 Å². The minimum absolute atomic E-state index is 0.0225. The highest BCUT2D eigenvalue weighted by Gasteiger charge is 2.72. The number of halogens is 3. The third-order valence-corrected chi connectivity index (χ3v) is 10.4. The second-order valence-electron chi connectivity index (χ2n) is 11.8. The summed E-state index contributed by atoms with van der Waals surface area (Å²) in [6.45, 7) is 0.657. The zero-order valence-corrected chi connectivity index (χ0v) is 23.4. The molecule has 2 saturated carbocycles. The molecule has 0 radical (unpaired) electrons. The Kier molecular flexibility index (Phi) is 7.15. The molecule has 2 heterocycles. The van der Waals surface area contributed by atoms with E-state index in [-0.39, 0.29) is 28.4 Å². The monoisotopic (exact) mass is 572 g/mol. The zero-order valence-electron chi connectivity index (χ0n) is 21.9. The fourth-order valence-corrected chi connectivity index (χ4v) is 8.41. The highest BCUT2D eigenvalue weighted by molar-refractivity contribution is 6.31. The number of nitrogens with two attached hydrogens (primary N) is 1. The molecule has 2 amide bonds. The molecule has 2 spiro atoms. The Morgan fingerprint density at radius 2 is 1.82 bits per heavy atom. The van der Waals surface area contributed by atoms with Gasteiger partial charge in [0.15, 0.2) is 0 Å². The molecule has 208 valence electrons. The SMILES string of the molecule is NCC1CCC(NC(=O)C2NC3(CCCCC3)[C@@]3(C(=O)Nc4cc(Cl)ccc43)C2c2cccc(Cl)c2F)CC1. The van der Waals surface area contributed by atoms with Crippen molar-refractivity contribution in [3.8, 4) is 0 Å². The zero-order chi connectivity index (χ0) is 27.4. The van der Waals surface area contributed by atoms with E-state index in [1.165, 1.54) is 6.07 Å². The van der Waals surface area contributed by atoms with Crippen LogP contribution >= 0.6 is 23.2 Å². The summed E-state index contributed by atoms with van der Waals surface area (Å²) >= 11 is 12.6. The number of benzene rings is 2. The molecule has 0 bridgehead atoms. The van der Waals surface area contributed by atoms with E-state index in [1.807, 2.05) is 6.07 Å². The molecule has 3 fully saturated rings. The van der Waals surface area contributed by atoms with Crippen LogP contribution in [0.2, 0.25) is 10.0 Å². The maximum atomic E-state index is 15.9. The number of amides is 2. The number of carbonyl (C=O) groups excluding carboxylic acids is 2. The minimum atomic E-state index is -1.21. The number of hydrogen-bond donors (Lipinski definition) is 4. The third-order valence-electron chi connectivity index (χ3n) is 9.83. The van der Waals surface area contributed by atoms with Crippen molar-refractivity contribution in [2.75, 3.05) is 11.9 Å². The fraction of sp³-hybridized carbons (Fsp3) is 0.533. The normalized spacial score (nSPS) is 31.3. The average Bonchev–Trinajstić information content (AvgIpc) is 3.38. The van der Waals surface area contributed by atoms with Crippen molar-refractivity contribution in [3.05, 3.63) is 63.4 Å². The molecule has 6 nitrogen and oxygen atoms in total. The second-order valence-corrected chi connectivity index (χ2v) is 12.6. The van der Waals surface area contributed by atoms with Gasteiger partial charge >= 0.3 is 0 Å². The number of hydrogen-bond acceptors (Lipinski definition) is 4. The van der Waals surface area contributed by atoms with E-state index >= 15 is 4.39 Å².